The summed E-state index contributed by atoms with van der Waals surface area (Å²) in [5, 5.41) is 19.1. The molecule has 0 bridgehead atoms. The number of unbranched alkanes of at least 4 members (excludes halogenated alkanes) is 1. The van der Waals surface area contributed by atoms with E-state index in [0.717, 1.165) is 11.1 Å². The average molecular weight is 681 g/mol. The molecule has 51 heavy (non-hydrogen) atoms. The summed E-state index contributed by atoms with van der Waals surface area (Å²) in [6.45, 7) is 6.43. The second-order valence-electron chi connectivity index (χ2n) is 13.0. The van der Waals surface area contributed by atoms with Crippen molar-refractivity contribution >= 4 is 39.0 Å². The molecule has 6 rings (SSSR count). The summed E-state index contributed by atoms with van der Waals surface area (Å²) < 4.78 is 0. The topological polar surface area (TPSA) is 47.6 Å². The first-order valence-electron chi connectivity index (χ1n) is 17.8. The Hall–Kier alpha value is -5.55. The molecule has 0 aromatic heterocycles. The second kappa shape index (κ2) is 18.4. The average Bonchev–Trinajstić information content (AvgIpc) is 3.19. The molecule has 0 spiro atoms. The van der Waals surface area contributed by atoms with Gasteiger partial charge in [0.2, 0.25) is 0 Å². The van der Waals surface area contributed by atoms with Crippen LogP contribution in [0.4, 0.5) is 0 Å². The van der Waals surface area contributed by atoms with Crippen molar-refractivity contribution in [3.63, 3.8) is 0 Å². The molecule has 4 heteroatoms. The Morgan fingerprint density at radius 3 is 1.25 bits per heavy atom. The van der Waals surface area contributed by atoms with Gasteiger partial charge < -0.3 is 0 Å². The normalized spacial score (nSPS) is 10.7. The molecule has 0 unspecified atom stereocenters. The van der Waals surface area contributed by atoms with Crippen LogP contribution in [0.1, 0.15) is 36.5 Å². The maximum Gasteiger partial charge on any atom is 0.161 e. The second-order valence-corrected chi connectivity index (χ2v) is 15.0. The van der Waals surface area contributed by atoms with Gasteiger partial charge in [-0.2, -0.15) is 33.2 Å². The van der Waals surface area contributed by atoms with Gasteiger partial charge in [0, 0.05) is 5.57 Å². The van der Waals surface area contributed by atoms with Gasteiger partial charge in [0.1, 0.15) is 23.5 Å². The number of aryl methyl sites for hydroxylation is 2. The lowest BCUT2D eigenvalue weighted by Gasteiger charge is -2.43. The van der Waals surface area contributed by atoms with E-state index in [1.54, 1.807) is 0 Å². The van der Waals surface area contributed by atoms with Crippen LogP contribution in [0.25, 0.3) is 5.57 Å². The molecule has 0 saturated carbocycles. The Balaban J connectivity index is 0.000000201. The van der Waals surface area contributed by atoms with Crippen molar-refractivity contribution < 1.29 is 0 Å². The molecule has 0 aliphatic rings. The van der Waals surface area contributed by atoms with E-state index >= 15 is 0 Å². The van der Waals surface area contributed by atoms with Crippen LogP contribution in [0.5, 0.6) is 0 Å². The Labute approximate surface area is 308 Å². The smallest absolute Gasteiger partial charge is 0.161 e. The number of allylic oxidation sites excluding steroid dienone is 1. The van der Waals surface area contributed by atoms with Crippen LogP contribution in [0.3, 0.4) is 0 Å². The molecule has 0 saturated heterocycles. The molecular formula is C47H45BN2S. The van der Waals surface area contributed by atoms with E-state index in [9.17, 15) is 10.5 Å². The summed E-state index contributed by atoms with van der Waals surface area (Å²) in [6, 6.07) is 64.2. The number of benzene rings is 6. The first-order chi connectivity index (χ1) is 25.0. The van der Waals surface area contributed by atoms with Crippen LogP contribution in [0.15, 0.2) is 185 Å². The van der Waals surface area contributed by atoms with E-state index in [1.165, 1.54) is 56.5 Å². The van der Waals surface area contributed by atoms with Crippen molar-refractivity contribution in [3.8, 4) is 12.1 Å². The van der Waals surface area contributed by atoms with Crippen LogP contribution < -0.4 is 16.4 Å². The quantitative estimate of drug-likeness (QED) is 0.0777. The molecule has 0 amide bonds. The van der Waals surface area contributed by atoms with Crippen molar-refractivity contribution in [1.82, 2.24) is 0 Å². The minimum atomic E-state index is -0.913. The fourth-order valence-electron chi connectivity index (χ4n) is 6.88. The molecule has 0 heterocycles. The fourth-order valence-corrected chi connectivity index (χ4v) is 9.02. The van der Waals surface area contributed by atoms with E-state index in [-0.39, 0.29) is 16.5 Å². The summed E-state index contributed by atoms with van der Waals surface area (Å²) in [5.74, 6) is 0.618. The molecule has 2 nitrogen and oxygen atoms in total. The van der Waals surface area contributed by atoms with Gasteiger partial charge >= 0.3 is 0 Å². The van der Waals surface area contributed by atoms with Crippen molar-refractivity contribution in [2.45, 2.75) is 49.7 Å². The van der Waals surface area contributed by atoms with E-state index in [1.807, 2.05) is 30.3 Å². The Morgan fingerprint density at radius 1 is 0.529 bits per heavy atom. The molecule has 0 radical (unpaired) electrons. The van der Waals surface area contributed by atoms with Gasteiger partial charge in [-0.05, 0) is 43.7 Å². The number of rotatable bonds is 11. The zero-order chi connectivity index (χ0) is 35.9. The highest BCUT2D eigenvalue weighted by molar-refractivity contribution is 7.97. The van der Waals surface area contributed by atoms with E-state index < -0.39 is 6.15 Å². The zero-order valence-electron chi connectivity index (χ0n) is 29.9. The molecule has 0 fully saturated rings. The van der Waals surface area contributed by atoms with Gasteiger partial charge in [-0.1, -0.05) is 176 Å². The van der Waals surface area contributed by atoms with Crippen molar-refractivity contribution in [2.24, 2.45) is 0 Å². The van der Waals surface area contributed by atoms with Gasteiger partial charge in [-0.3, -0.25) is 0 Å². The monoisotopic (exact) mass is 680 g/mol. The summed E-state index contributed by atoms with van der Waals surface area (Å²) in [5.41, 5.74) is 8.67. The van der Waals surface area contributed by atoms with Crippen LogP contribution in [0, 0.1) is 36.5 Å². The largest absolute Gasteiger partial charge is 0.200 e. The highest BCUT2D eigenvalue weighted by Crippen LogP contribution is 2.31. The predicted octanol–water partition coefficient (Wildman–Crippen LogP) is 9.80. The van der Waals surface area contributed by atoms with Gasteiger partial charge in [-0.25, -0.2) is 0 Å². The summed E-state index contributed by atoms with van der Waals surface area (Å²) in [4.78, 5) is 2.41. The lowest BCUT2D eigenvalue weighted by molar-refractivity contribution is 0.874. The number of nitrogens with zero attached hydrogens (tertiary/aromatic N) is 2. The maximum atomic E-state index is 9.56. The van der Waals surface area contributed by atoms with Crippen molar-refractivity contribution in [1.29, 1.82) is 10.5 Å². The summed E-state index contributed by atoms with van der Waals surface area (Å²) in [6.07, 6.45) is 2.73. The molecule has 6 aromatic rings. The van der Waals surface area contributed by atoms with Crippen LogP contribution >= 0.6 is 0 Å². The Bertz CT molecular complexity index is 1900. The molecule has 0 atom stereocenters. The van der Waals surface area contributed by atoms with Gasteiger partial charge in [0.15, 0.2) is 9.79 Å². The van der Waals surface area contributed by atoms with E-state index in [4.69, 9.17) is 0 Å². The van der Waals surface area contributed by atoms with Crippen molar-refractivity contribution in [3.05, 3.63) is 192 Å². The number of hydrogen-bond acceptors (Lipinski definition) is 2. The molecule has 252 valence electrons. The molecule has 0 aliphatic heterocycles. The maximum absolute atomic E-state index is 9.56. The third-order valence-corrected chi connectivity index (χ3v) is 11.9. The predicted molar refractivity (Wildman–Crippen MR) is 219 cm³/mol. The van der Waals surface area contributed by atoms with Crippen LogP contribution in [-0.2, 0) is 10.9 Å². The minimum absolute atomic E-state index is 0.183. The summed E-state index contributed by atoms with van der Waals surface area (Å²) >= 11 is 0. The third-order valence-electron chi connectivity index (χ3n) is 9.64. The lowest BCUT2D eigenvalue weighted by Crippen LogP contribution is -2.66. The minimum Gasteiger partial charge on any atom is -0.200 e. The number of hydrogen-bond donors (Lipinski definition) is 0. The van der Waals surface area contributed by atoms with Crippen molar-refractivity contribution in [2.75, 3.05) is 5.75 Å². The van der Waals surface area contributed by atoms with Gasteiger partial charge in [0.25, 0.3) is 0 Å². The van der Waals surface area contributed by atoms with E-state index in [0.29, 0.717) is 5.75 Å². The molecule has 0 aliphatic carbocycles. The molecular weight excluding hydrogens is 635 g/mol. The van der Waals surface area contributed by atoms with E-state index in [2.05, 4.69) is 172 Å². The highest BCUT2D eigenvalue weighted by atomic mass is 32.2. The standard InChI is InChI=1S/C25H21N2S.C22H24B/c1-19-8-12-23(13-9-19)28(24-14-10-20(2)11-15-24)18-25(22(16-26)17-27)21-6-4-3-5-7-21;1-2-3-19-23(20-13-7-4-8-14-20,21-15-9-5-10-16-21)22-17-11-6-12-18-22/h3-15H,18H2,1-2H3;4-18H,2-3,19H2,1H3/q+1;-1. The zero-order valence-corrected chi connectivity index (χ0v) is 30.7. The van der Waals surface area contributed by atoms with Gasteiger partial charge in [0.05, 0.1) is 17.0 Å². The Morgan fingerprint density at radius 2 is 0.902 bits per heavy atom. The summed E-state index contributed by atoms with van der Waals surface area (Å²) in [7, 11) is -0.282. The fraction of sp³-hybridized carbons (Fsp3) is 0.149. The SMILES string of the molecule is CCCC[B-](c1ccccc1)(c1ccccc1)c1ccccc1.Cc1ccc([S+](CC(=C(C#N)C#N)c2ccccc2)c2ccc(C)cc2)cc1. The first kappa shape index (κ1) is 36.7. The molecule has 0 N–H and O–H groups in total. The van der Waals surface area contributed by atoms with Gasteiger partial charge in [-0.15, -0.1) is 0 Å². The van der Waals surface area contributed by atoms with Crippen LogP contribution in [0.2, 0.25) is 6.32 Å². The molecule has 6 aromatic carbocycles. The van der Waals surface area contributed by atoms with Crippen LogP contribution in [-0.4, -0.2) is 11.9 Å². The number of nitriles is 2. The third kappa shape index (κ3) is 9.17. The lowest BCUT2D eigenvalue weighted by atomic mass is 9.14. The first-order valence-corrected chi connectivity index (χ1v) is 19.2. The highest BCUT2D eigenvalue weighted by Gasteiger charge is 2.30. The Kier molecular flexibility index (Phi) is 13.3.